The van der Waals surface area contributed by atoms with Gasteiger partial charge in [-0.15, -0.1) is 0 Å². The van der Waals surface area contributed by atoms with Crippen molar-refractivity contribution < 1.29 is 4.79 Å². The van der Waals surface area contributed by atoms with Crippen molar-refractivity contribution >= 4 is 17.1 Å². The lowest BCUT2D eigenvalue weighted by Crippen LogP contribution is -2.11. The summed E-state index contributed by atoms with van der Waals surface area (Å²) >= 11 is 0. The largest absolute Gasteiger partial charge is 0.322 e. The van der Waals surface area contributed by atoms with Gasteiger partial charge < -0.3 is 5.32 Å². The van der Waals surface area contributed by atoms with Crippen LogP contribution in [0.5, 0.6) is 0 Å². The van der Waals surface area contributed by atoms with Gasteiger partial charge in [0, 0.05) is 11.9 Å². The fraction of sp³-hybridized carbons (Fsp3) is 0.0667. The Labute approximate surface area is 110 Å². The number of hydrogen-bond donors (Lipinski definition) is 1. The van der Waals surface area contributed by atoms with Crippen molar-refractivity contribution in [3.8, 4) is 0 Å². The Morgan fingerprint density at radius 2 is 2.11 bits per heavy atom. The third-order valence-electron chi connectivity index (χ3n) is 2.95. The first-order valence-corrected chi connectivity index (χ1v) is 6.04. The molecule has 0 aliphatic heterocycles. The second-order valence-electron chi connectivity index (χ2n) is 4.41. The molecule has 19 heavy (non-hydrogen) atoms. The summed E-state index contributed by atoms with van der Waals surface area (Å²) in [7, 11) is 0. The van der Waals surface area contributed by atoms with Gasteiger partial charge in [0.25, 0.3) is 5.91 Å². The van der Waals surface area contributed by atoms with Gasteiger partial charge >= 0.3 is 0 Å². The van der Waals surface area contributed by atoms with Gasteiger partial charge in [-0.3, -0.25) is 4.79 Å². The van der Waals surface area contributed by atoms with Crippen molar-refractivity contribution in [1.29, 1.82) is 0 Å². The lowest BCUT2D eigenvalue weighted by Gasteiger charge is -2.04. The maximum Gasteiger partial charge on any atom is 0.259 e. The fourth-order valence-electron chi connectivity index (χ4n) is 2.03. The van der Waals surface area contributed by atoms with Crippen LogP contribution in [-0.4, -0.2) is 15.5 Å². The first kappa shape index (κ1) is 11.5. The van der Waals surface area contributed by atoms with Gasteiger partial charge in [0.2, 0.25) is 0 Å². The Bertz CT molecular complexity index is 746. The molecule has 1 N–H and O–H groups in total. The number of fused-ring (bicyclic) bond motifs is 1. The molecule has 3 rings (SSSR count). The number of carbonyl (C=O) groups excluding carboxylic acids is 1. The fourth-order valence-corrected chi connectivity index (χ4v) is 2.03. The van der Waals surface area contributed by atoms with Crippen LogP contribution in [-0.2, 0) is 0 Å². The van der Waals surface area contributed by atoms with Crippen molar-refractivity contribution in [2.75, 3.05) is 5.32 Å². The van der Waals surface area contributed by atoms with E-state index in [4.69, 9.17) is 0 Å². The van der Waals surface area contributed by atoms with E-state index in [1.807, 2.05) is 55.6 Å². The second kappa shape index (κ2) is 4.57. The van der Waals surface area contributed by atoms with Crippen LogP contribution < -0.4 is 5.32 Å². The maximum absolute atomic E-state index is 12.2. The molecule has 0 saturated heterocycles. The van der Waals surface area contributed by atoms with Crippen LogP contribution >= 0.6 is 0 Å². The molecule has 1 amide bonds. The molecule has 4 heteroatoms. The molecule has 0 spiro atoms. The summed E-state index contributed by atoms with van der Waals surface area (Å²) in [6, 6.07) is 13.4. The van der Waals surface area contributed by atoms with Crippen LogP contribution in [0.1, 0.15) is 15.9 Å². The summed E-state index contributed by atoms with van der Waals surface area (Å²) < 4.78 is 1.69. The van der Waals surface area contributed by atoms with Crippen LogP contribution in [0.4, 0.5) is 5.69 Å². The van der Waals surface area contributed by atoms with Gasteiger partial charge in [0.15, 0.2) is 0 Å². The highest BCUT2D eigenvalue weighted by Gasteiger charge is 2.12. The lowest BCUT2D eigenvalue weighted by atomic mass is 10.2. The summed E-state index contributed by atoms with van der Waals surface area (Å²) in [6.07, 6.45) is 3.40. The van der Waals surface area contributed by atoms with Gasteiger partial charge in [0.05, 0.1) is 17.3 Å². The summed E-state index contributed by atoms with van der Waals surface area (Å²) in [5.41, 5.74) is 3.27. The average Bonchev–Trinajstić information content (AvgIpc) is 2.82. The van der Waals surface area contributed by atoms with Crippen molar-refractivity contribution in [3.05, 3.63) is 66.0 Å². The van der Waals surface area contributed by atoms with E-state index in [1.54, 1.807) is 10.7 Å². The van der Waals surface area contributed by atoms with Gasteiger partial charge in [0.1, 0.15) is 0 Å². The molecule has 2 heterocycles. The molecular weight excluding hydrogens is 238 g/mol. The van der Waals surface area contributed by atoms with E-state index in [0.29, 0.717) is 5.56 Å². The predicted molar refractivity (Wildman–Crippen MR) is 74.3 cm³/mol. The zero-order valence-corrected chi connectivity index (χ0v) is 10.5. The van der Waals surface area contributed by atoms with Crippen LogP contribution in [0.15, 0.2) is 54.9 Å². The van der Waals surface area contributed by atoms with E-state index in [9.17, 15) is 4.79 Å². The zero-order chi connectivity index (χ0) is 13.2. The molecule has 1 aromatic carbocycles. The van der Waals surface area contributed by atoms with Crippen LogP contribution in [0.3, 0.4) is 0 Å². The van der Waals surface area contributed by atoms with Crippen molar-refractivity contribution in [3.63, 3.8) is 0 Å². The number of hydrogen-bond acceptors (Lipinski definition) is 2. The highest BCUT2D eigenvalue weighted by Crippen LogP contribution is 2.14. The molecule has 0 bridgehead atoms. The summed E-state index contributed by atoms with van der Waals surface area (Å²) in [5.74, 6) is -0.146. The molecular formula is C15H13N3O. The molecule has 0 unspecified atom stereocenters. The summed E-state index contributed by atoms with van der Waals surface area (Å²) in [5, 5.41) is 7.04. The van der Waals surface area contributed by atoms with Gasteiger partial charge in [-0.1, -0.05) is 18.2 Å². The van der Waals surface area contributed by atoms with Gasteiger partial charge in [-0.25, -0.2) is 4.52 Å². The van der Waals surface area contributed by atoms with Crippen LogP contribution in [0, 0.1) is 6.92 Å². The Balaban J connectivity index is 1.92. The molecule has 3 aromatic rings. The number of nitrogens with zero attached hydrogens (tertiary/aromatic N) is 2. The molecule has 0 aliphatic carbocycles. The van der Waals surface area contributed by atoms with E-state index in [-0.39, 0.29) is 5.91 Å². The summed E-state index contributed by atoms with van der Waals surface area (Å²) in [6.45, 7) is 1.99. The number of aryl methyl sites for hydroxylation is 1. The normalized spacial score (nSPS) is 10.6. The number of nitrogens with one attached hydrogen (secondary N) is 1. The first-order valence-electron chi connectivity index (χ1n) is 6.04. The van der Waals surface area contributed by atoms with Crippen LogP contribution in [0.2, 0.25) is 0 Å². The smallest absolute Gasteiger partial charge is 0.259 e. The minimum Gasteiger partial charge on any atom is -0.322 e. The van der Waals surface area contributed by atoms with E-state index in [1.165, 1.54) is 0 Å². The minimum atomic E-state index is -0.146. The Hall–Kier alpha value is -2.62. The number of benzene rings is 1. The molecule has 2 aromatic heterocycles. The number of carbonyl (C=O) groups is 1. The Morgan fingerprint density at radius 1 is 1.21 bits per heavy atom. The van der Waals surface area contributed by atoms with E-state index in [0.717, 1.165) is 16.8 Å². The van der Waals surface area contributed by atoms with Crippen molar-refractivity contribution in [2.45, 2.75) is 6.92 Å². The minimum absolute atomic E-state index is 0.146. The maximum atomic E-state index is 12.2. The molecule has 0 saturated carbocycles. The first-order chi connectivity index (χ1) is 9.24. The van der Waals surface area contributed by atoms with Gasteiger partial charge in [-0.2, -0.15) is 5.10 Å². The number of rotatable bonds is 2. The Kier molecular flexibility index (Phi) is 2.76. The Morgan fingerprint density at radius 3 is 2.95 bits per heavy atom. The van der Waals surface area contributed by atoms with Crippen molar-refractivity contribution in [1.82, 2.24) is 9.61 Å². The third kappa shape index (κ3) is 2.20. The van der Waals surface area contributed by atoms with Crippen molar-refractivity contribution in [2.24, 2.45) is 0 Å². The highest BCUT2D eigenvalue weighted by atomic mass is 16.1. The van der Waals surface area contributed by atoms with Crippen LogP contribution in [0.25, 0.3) is 5.52 Å². The standard InChI is InChI=1S/C15H13N3O/c1-11-5-4-6-12(9-11)17-15(19)13-10-16-18-8-3-2-7-14(13)18/h2-10H,1H3,(H,17,19). The zero-order valence-electron chi connectivity index (χ0n) is 10.5. The van der Waals surface area contributed by atoms with E-state index >= 15 is 0 Å². The third-order valence-corrected chi connectivity index (χ3v) is 2.95. The monoisotopic (exact) mass is 251 g/mol. The number of anilines is 1. The SMILES string of the molecule is Cc1cccc(NC(=O)c2cnn3ccccc23)c1. The lowest BCUT2D eigenvalue weighted by molar-refractivity contribution is 0.102. The quantitative estimate of drug-likeness (QED) is 0.761. The molecule has 0 fully saturated rings. The second-order valence-corrected chi connectivity index (χ2v) is 4.41. The van der Waals surface area contributed by atoms with E-state index in [2.05, 4.69) is 10.4 Å². The number of pyridine rings is 1. The van der Waals surface area contributed by atoms with E-state index < -0.39 is 0 Å². The molecule has 94 valence electrons. The highest BCUT2D eigenvalue weighted by molar-refractivity contribution is 6.08. The average molecular weight is 251 g/mol. The molecule has 4 nitrogen and oxygen atoms in total. The number of amides is 1. The molecule has 0 aliphatic rings. The molecule has 0 atom stereocenters. The summed E-state index contributed by atoms with van der Waals surface area (Å²) in [4.78, 5) is 12.2. The number of aromatic nitrogens is 2. The predicted octanol–water partition coefficient (Wildman–Crippen LogP) is 2.90. The molecule has 0 radical (unpaired) electrons. The topological polar surface area (TPSA) is 46.4 Å². The van der Waals surface area contributed by atoms with Gasteiger partial charge in [-0.05, 0) is 36.8 Å².